The number of carbonyl (C=O) groups excluding carboxylic acids is 2. The van der Waals surface area contributed by atoms with Crippen LogP contribution in [0.15, 0.2) is 40.9 Å². The molecule has 142 valence electrons. The molecule has 8 heteroatoms. The molecule has 1 fully saturated rings. The van der Waals surface area contributed by atoms with E-state index in [9.17, 15) is 9.59 Å². The lowest BCUT2D eigenvalue weighted by Gasteiger charge is -2.20. The molecule has 0 bridgehead atoms. The molecule has 0 radical (unpaired) electrons. The van der Waals surface area contributed by atoms with Gasteiger partial charge in [0.25, 0.3) is 0 Å². The van der Waals surface area contributed by atoms with Gasteiger partial charge in [-0.3, -0.25) is 9.59 Å². The minimum atomic E-state index is -0.482. The van der Waals surface area contributed by atoms with Crippen molar-refractivity contribution in [3.8, 4) is 11.5 Å². The van der Waals surface area contributed by atoms with E-state index >= 15 is 0 Å². The molecule has 1 unspecified atom stereocenters. The normalized spacial score (nSPS) is 16.4. The number of nitrogens with one attached hydrogen (secondary N) is 1. The number of anilines is 2. The Morgan fingerprint density at radius 1 is 1.22 bits per heavy atom. The van der Waals surface area contributed by atoms with Crippen molar-refractivity contribution in [2.75, 3.05) is 31.0 Å². The molecule has 0 aromatic heterocycles. The summed E-state index contributed by atoms with van der Waals surface area (Å²) in [7, 11) is 3.08. The van der Waals surface area contributed by atoms with Crippen LogP contribution in [0, 0.1) is 5.92 Å². The van der Waals surface area contributed by atoms with Gasteiger partial charge in [0.15, 0.2) is 0 Å². The molecule has 1 saturated heterocycles. The van der Waals surface area contributed by atoms with E-state index in [-0.39, 0.29) is 24.8 Å². The van der Waals surface area contributed by atoms with Crippen LogP contribution in [0.1, 0.15) is 6.42 Å². The second-order valence-corrected chi connectivity index (χ2v) is 7.38. The summed E-state index contributed by atoms with van der Waals surface area (Å²) in [6, 6.07) is 10.4. The second-order valence-electron chi connectivity index (χ2n) is 6.06. The molecule has 1 atom stereocenters. The zero-order valence-corrected chi connectivity index (χ0v) is 17.1. The first-order valence-electron chi connectivity index (χ1n) is 8.21. The Balaban J connectivity index is 1.76. The zero-order chi connectivity index (χ0) is 19.6. The van der Waals surface area contributed by atoms with Crippen molar-refractivity contribution >= 4 is 50.7 Å². The lowest BCUT2D eigenvalue weighted by atomic mass is 10.1. The summed E-state index contributed by atoms with van der Waals surface area (Å²) in [4.78, 5) is 26.7. The van der Waals surface area contributed by atoms with Crippen LogP contribution in [-0.4, -0.2) is 32.6 Å². The van der Waals surface area contributed by atoms with Crippen LogP contribution in [0.3, 0.4) is 0 Å². The maximum atomic E-state index is 12.6. The predicted molar refractivity (Wildman–Crippen MR) is 108 cm³/mol. The number of benzene rings is 2. The van der Waals surface area contributed by atoms with Crippen molar-refractivity contribution in [3.05, 3.63) is 45.9 Å². The number of carbonyl (C=O) groups is 2. The average molecular weight is 454 g/mol. The Morgan fingerprint density at radius 2 is 2.00 bits per heavy atom. The lowest BCUT2D eigenvalue weighted by Crippen LogP contribution is -2.28. The van der Waals surface area contributed by atoms with Crippen LogP contribution < -0.4 is 19.7 Å². The fraction of sp³-hybridized carbons (Fsp3) is 0.263. The van der Waals surface area contributed by atoms with Gasteiger partial charge in [-0.1, -0.05) is 27.5 Å². The zero-order valence-electron chi connectivity index (χ0n) is 14.8. The van der Waals surface area contributed by atoms with E-state index in [4.69, 9.17) is 21.1 Å². The van der Waals surface area contributed by atoms with Crippen LogP contribution in [0.2, 0.25) is 5.02 Å². The average Bonchev–Trinajstić information content (AvgIpc) is 3.05. The monoisotopic (exact) mass is 452 g/mol. The van der Waals surface area contributed by atoms with E-state index in [0.29, 0.717) is 27.9 Å². The molecule has 6 nitrogen and oxygen atoms in total. The van der Waals surface area contributed by atoms with Gasteiger partial charge in [0.1, 0.15) is 11.5 Å². The van der Waals surface area contributed by atoms with Gasteiger partial charge >= 0.3 is 0 Å². The SMILES string of the molecule is COc1ccc(N2CC(C(=O)Nc3ccc(Br)cc3Cl)CC2=O)c(OC)c1. The Kier molecular flexibility index (Phi) is 5.92. The summed E-state index contributed by atoms with van der Waals surface area (Å²) in [6.07, 6.45) is 0.120. The summed E-state index contributed by atoms with van der Waals surface area (Å²) in [5, 5.41) is 3.22. The third-order valence-electron chi connectivity index (χ3n) is 4.36. The number of ether oxygens (including phenoxy) is 2. The standard InChI is InChI=1S/C19H18BrClN2O4/c1-26-13-4-6-16(17(9-13)27-2)23-10-11(7-18(23)24)19(25)22-15-5-3-12(20)8-14(15)21/h3-6,8-9,11H,7,10H2,1-2H3,(H,22,25). The fourth-order valence-electron chi connectivity index (χ4n) is 2.95. The molecule has 3 rings (SSSR count). The highest BCUT2D eigenvalue weighted by Crippen LogP contribution is 2.36. The molecule has 0 aliphatic carbocycles. The van der Waals surface area contributed by atoms with Crippen LogP contribution in [0.5, 0.6) is 11.5 Å². The van der Waals surface area contributed by atoms with E-state index in [1.54, 1.807) is 48.4 Å². The minimum absolute atomic E-state index is 0.120. The number of methoxy groups -OCH3 is 2. The van der Waals surface area contributed by atoms with E-state index in [0.717, 1.165) is 4.47 Å². The Hall–Kier alpha value is -2.25. The number of amides is 2. The molecular formula is C19H18BrClN2O4. The summed E-state index contributed by atoms with van der Waals surface area (Å²) in [6.45, 7) is 0.265. The smallest absolute Gasteiger partial charge is 0.229 e. The molecular weight excluding hydrogens is 436 g/mol. The van der Waals surface area contributed by atoms with Crippen molar-refractivity contribution in [2.45, 2.75) is 6.42 Å². The molecule has 1 heterocycles. The van der Waals surface area contributed by atoms with Gasteiger partial charge in [0, 0.05) is 23.5 Å². The third kappa shape index (κ3) is 4.20. The first-order chi connectivity index (χ1) is 12.9. The first-order valence-corrected chi connectivity index (χ1v) is 9.38. The number of hydrogen-bond acceptors (Lipinski definition) is 4. The van der Waals surface area contributed by atoms with E-state index < -0.39 is 5.92 Å². The highest BCUT2D eigenvalue weighted by Gasteiger charge is 2.36. The van der Waals surface area contributed by atoms with E-state index in [2.05, 4.69) is 21.2 Å². The van der Waals surface area contributed by atoms with Gasteiger partial charge in [0.2, 0.25) is 11.8 Å². The van der Waals surface area contributed by atoms with Crippen molar-refractivity contribution in [2.24, 2.45) is 5.92 Å². The Morgan fingerprint density at radius 3 is 2.67 bits per heavy atom. The lowest BCUT2D eigenvalue weighted by molar-refractivity contribution is -0.122. The molecule has 2 amide bonds. The second kappa shape index (κ2) is 8.19. The molecule has 2 aromatic rings. The van der Waals surface area contributed by atoms with Gasteiger partial charge in [-0.15, -0.1) is 0 Å². The third-order valence-corrected chi connectivity index (χ3v) is 5.17. The highest BCUT2D eigenvalue weighted by atomic mass is 79.9. The maximum Gasteiger partial charge on any atom is 0.229 e. The summed E-state index contributed by atoms with van der Waals surface area (Å²) < 4.78 is 11.4. The van der Waals surface area contributed by atoms with E-state index in [1.165, 1.54) is 7.11 Å². The quantitative estimate of drug-likeness (QED) is 0.740. The largest absolute Gasteiger partial charge is 0.497 e. The number of rotatable bonds is 5. The van der Waals surface area contributed by atoms with Crippen molar-refractivity contribution in [3.63, 3.8) is 0 Å². The van der Waals surface area contributed by atoms with Crippen molar-refractivity contribution in [1.82, 2.24) is 0 Å². The van der Waals surface area contributed by atoms with Crippen LogP contribution in [0.4, 0.5) is 11.4 Å². The van der Waals surface area contributed by atoms with Crippen molar-refractivity contribution in [1.29, 1.82) is 0 Å². The van der Waals surface area contributed by atoms with Crippen molar-refractivity contribution < 1.29 is 19.1 Å². The van der Waals surface area contributed by atoms with Gasteiger partial charge < -0.3 is 19.7 Å². The summed E-state index contributed by atoms with van der Waals surface area (Å²) in [5.74, 6) is 0.272. The van der Waals surface area contributed by atoms with Crippen LogP contribution in [0.25, 0.3) is 0 Å². The molecule has 27 heavy (non-hydrogen) atoms. The molecule has 0 saturated carbocycles. The predicted octanol–water partition coefficient (Wildman–Crippen LogP) is 4.11. The molecule has 1 N–H and O–H groups in total. The summed E-state index contributed by atoms with van der Waals surface area (Å²) in [5.41, 5.74) is 1.12. The molecule has 1 aliphatic heterocycles. The number of halogens is 2. The van der Waals surface area contributed by atoms with E-state index in [1.807, 2.05) is 0 Å². The molecule has 1 aliphatic rings. The Labute approximate surface area is 170 Å². The molecule has 2 aromatic carbocycles. The van der Waals surface area contributed by atoms with Crippen LogP contribution >= 0.6 is 27.5 Å². The topological polar surface area (TPSA) is 67.9 Å². The van der Waals surface area contributed by atoms with Gasteiger partial charge in [-0.25, -0.2) is 0 Å². The Bertz CT molecular complexity index is 890. The highest BCUT2D eigenvalue weighted by molar-refractivity contribution is 9.10. The van der Waals surface area contributed by atoms with Gasteiger partial charge in [-0.2, -0.15) is 0 Å². The maximum absolute atomic E-state index is 12.6. The fourth-order valence-corrected chi connectivity index (χ4v) is 3.67. The molecule has 0 spiro atoms. The van der Waals surface area contributed by atoms with Crippen LogP contribution in [-0.2, 0) is 9.59 Å². The number of nitrogens with zero attached hydrogens (tertiary/aromatic N) is 1. The summed E-state index contributed by atoms with van der Waals surface area (Å²) >= 11 is 9.48. The minimum Gasteiger partial charge on any atom is -0.497 e. The van der Waals surface area contributed by atoms with Gasteiger partial charge in [-0.05, 0) is 30.3 Å². The van der Waals surface area contributed by atoms with Gasteiger partial charge in [0.05, 0.1) is 36.5 Å². The first kappa shape index (κ1) is 19.5. The number of hydrogen-bond donors (Lipinski definition) is 1.